The minimum Gasteiger partial charge on any atom is -0.507 e. The number of aliphatic hydroxyl groups is 3. The number of aliphatic carboxylic acids is 3. The molecule has 6 rings (SSSR count). The van der Waals surface area contributed by atoms with E-state index in [0.717, 1.165) is 0 Å². The van der Waals surface area contributed by atoms with Gasteiger partial charge in [-0.15, -0.1) is 0 Å². The molecule has 2 aliphatic carbocycles. The second-order valence-corrected chi connectivity index (χ2v) is 25.2. The lowest BCUT2D eigenvalue weighted by molar-refractivity contribution is -0.275. The van der Waals surface area contributed by atoms with Gasteiger partial charge in [-0.25, -0.2) is 4.79 Å². The van der Waals surface area contributed by atoms with Crippen molar-refractivity contribution < 1.29 is 117 Å². The molecule has 14 N–H and O–H groups in total. The highest BCUT2D eigenvalue weighted by Crippen LogP contribution is 2.55. The number of unbranched alkanes of at least 4 members (excludes halogenated alkanes) is 1. The topological polar surface area (TPSA) is 486 Å². The van der Waals surface area contributed by atoms with Crippen molar-refractivity contribution in [3.8, 4) is 11.5 Å². The van der Waals surface area contributed by atoms with E-state index < -0.39 is 241 Å². The van der Waals surface area contributed by atoms with Crippen LogP contribution in [0, 0.1) is 30.6 Å². The quantitative estimate of drug-likeness (QED) is 0.0235. The number of fused-ring (bicyclic) bond motifs is 3. The number of aliphatic hydroxyl groups excluding tert-OH is 2. The number of carbonyl (C=O) groups is 13. The van der Waals surface area contributed by atoms with Gasteiger partial charge in [0.2, 0.25) is 17.7 Å². The number of amides is 4. The predicted molar refractivity (Wildman–Crippen MR) is 330 cm³/mol. The van der Waals surface area contributed by atoms with Crippen LogP contribution in [-0.2, 0) is 87.2 Å². The summed E-state index contributed by atoms with van der Waals surface area (Å²) in [6, 6.07) is 5.93. The third kappa shape index (κ3) is 18.8. The summed E-state index contributed by atoms with van der Waals surface area (Å²) in [5.41, 5.74) is 0.293. The number of ketones is 6. The normalized spacial score (nSPS) is 21.3. The van der Waals surface area contributed by atoms with Crippen LogP contribution in [0.4, 0.5) is 4.79 Å². The Kier molecular flexibility index (Phi) is 25.7. The van der Waals surface area contributed by atoms with Crippen LogP contribution >= 0.6 is 0 Å². The number of carboxylic acid groups (broad SMARTS) is 3. The zero-order chi connectivity index (χ0) is 70.6. The fraction of sp³-hybridized carbons (Fsp3) is 0.530. The molecule has 29 heteroatoms. The number of carboxylic acids is 3. The van der Waals surface area contributed by atoms with E-state index >= 15 is 0 Å². The smallest absolute Gasteiger partial charge is 0.407 e. The van der Waals surface area contributed by atoms with Gasteiger partial charge < -0.3 is 82.1 Å². The summed E-state index contributed by atoms with van der Waals surface area (Å²) in [6.07, 6.45) is -9.63. The molecule has 3 aromatic carbocycles. The fourth-order valence-electron chi connectivity index (χ4n) is 12.3. The number of phenols is 2. The Hall–Kier alpha value is -8.87. The Labute approximate surface area is 545 Å². The Balaban J connectivity index is 1.08. The molecule has 3 aliphatic rings. The number of Topliss-reactive ketones (excluding diaryl/α,β-unsaturated/α-hetero) is 4. The maximum Gasteiger partial charge on any atom is 0.407 e. The van der Waals surface area contributed by atoms with Crippen molar-refractivity contribution in [2.24, 2.45) is 29.4 Å². The summed E-state index contributed by atoms with van der Waals surface area (Å²) >= 11 is 0. The van der Waals surface area contributed by atoms with Crippen LogP contribution in [0.3, 0.4) is 0 Å². The molecule has 29 nitrogen and oxygen atoms in total. The van der Waals surface area contributed by atoms with Gasteiger partial charge in [0.1, 0.15) is 42.0 Å². The zero-order valence-corrected chi connectivity index (χ0v) is 53.5. The third-order valence-corrected chi connectivity index (χ3v) is 17.5. The molecule has 1 unspecified atom stereocenters. The maximum atomic E-state index is 14.1. The summed E-state index contributed by atoms with van der Waals surface area (Å²) in [5, 5.41) is 95.5. The van der Waals surface area contributed by atoms with Crippen LogP contribution in [0.2, 0.25) is 0 Å². The van der Waals surface area contributed by atoms with Crippen molar-refractivity contribution in [3.63, 3.8) is 0 Å². The summed E-state index contributed by atoms with van der Waals surface area (Å²) in [7, 11) is 0. The van der Waals surface area contributed by atoms with Gasteiger partial charge >= 0.3 is 24.0 Å². The average Bonchev–Trinajstić information content (AvgIpc) is 0.703. The van der Waals surface area contributed by atoms with E-state index in [1.807, 2.05) is 0 Å². The van der Waals surface area contributed by atoms with Crippen molar-refractivity contribution in [2.75, 3.05) is 19.7 Å². The van der Waals surface area contributed by atoms with Gasteiger partial charge in [0.25, 0.3) is 0 Å². The summed E-state index contributed by atoms with van der Waals surface area (Å²) < 4.78 is 17.9. The van der Waals surface area contributed by atoms with Crippen LogP contribution in [-0.4, -0.2) is 179 Å². The number of hydrogen-bond donors (Lipinski definition) is 13. The number of phenolic OH excluding ortho intramolecular Hbond substituents is 2. The van der Waals surface area contributed by atoms with Gasteiger partial charge in [0.15, 0.2) is 41.0 Å². The standard InChI is InChI=1S/C66H83N5O24/c1-31(2)40(23-46(75)42(17-18-48(77)78)69-62(89)37(22-49(79)80)21-38(73)27-68-61(88)33(4)10-7-8-19-67)63(90)70-43(24-50(81)82)45(74)20-35-13-15-36(16-14-35)29-93-64(91)71-44-25-51(94-34(5)56(44)83)95-65(6)30-66(92,47(76)28-72)26-41-55(65)60(87)54-53(58(41)85)57(84)39-12-9-11-32(3)52(39)59(54)86/h9,11-16,31,33-34,37,40,42-44,51,56,72,83,85,87,92H,7-8,10,17-30,67H2,1-6H3,(H,68,88)(H,69,89)(H,70,90)(H,71,91)(H,77,78)(H,79,80)(H,81,82)/t33-,34-,37-,40-,42-,43-,44?,51-,56+,65-,66-/m0/s1. The zero-order valence-electron chi connectivity index (χ0n) is 53.5. The number of ether oxygens (including phenoxy) is 3. The van der Waals surface area contributed by atoms with E-state index in [2.05, 4.69) is 21.3 Å². The average molecular weight is 1330 g/mol. The van der Waals surface area contributed by atoms with Crippen molar-refractivity contribution in [3.05, 3.63) is 92.5 Å². The molecule has 0 aromatic heterocycles. The molecule has 0 bridgehead atoms. The minimum absolute atomic E-state index is 0.0174. The van der Waals surface area contributed by atoms with Crippen molar-refractivity contribution in [2.45, 2.75) is 179 Å². The number of rotatable bonds is 34. The highest BCUT2D eigenvalue weighted by molar-refractivity contribution is 6.31. The number of carbonyl (C=O) groups excluding carboxylic acids is 10. The highest BCUT2D eigenvalue weighted by atomic mass is 16.7. The largest absolute Gasteiger partial charge is 0.507 e. The van der Waals surface area contributed by atoms with Gasteiger partial charge in [-0.1, -0.05) is 69.7 Å². The minimum atomic E-state index is -2.48. The molecule has 0 radical (unpaired) electrons. The SMILES string of the molecule is Cc1cccc2c1C(=O)c1c(O)c3c(c(O)c1C2=O)C[C@@](O)(C(=O)CO)C[C@]3(C)O[C@H]1CC(NC(=O)OCc2ccc(CC(=O)[C@H](CC(=O)O)NC(=O)[C@@H](CC(=O)[C@H](CCC(=O)O)NC(=O)[C@H](CC(=O)O)CC(=O)CNC(=O)[C@@H](C)CCCCN)C(C)C)cc2)[C@H](O)[C@H](C)O1. The molecule has 1 aliphatic heterocycles. The van der Waals surface area contributed by atoms with Crippen LogP contribution < -0.4 is 27.0 Å². The van der Waals surface area contributed by atoms with E-state index in [1.54, 1.807) is 19.9 Å². The Morgan fingerprint density at radius 2 is 1.40 bits per heavy atom. The number of aromatic hydroxyl groups is 2. The molecule has 0 spiro atoms. The summed E-state index contributed by atoms with van der Waals surface area (Å²) in [4.78, 5) is 171. The molecule has 3 aromatic rings. The second kappa shape index (κ2) is 32.5. The Morgan fingerprint density at radius 3 is 2.02 bits per heavy atom. The lowest BCUT2D eigenvalue weighted by Gasteiger charge is -2.47. The second-order valence-electron chi connectivity index (χ2n) is 25.2. The predicted octanol–water partition coefficient (Wildman–Crippen LogP) is 2.03. The first-order valence-electron chi connectivity index (χ1n) is 31.1. The van der Waals surface area contributed by atoms with Crippen molar-refractivity contribution in [1.29, 1.82) is 0 Å². The van der Waals surface area contributed by atoms with Gasteiger partial charge in [-0.05, 0) is 69.2 Å². The number of aryl methyl sites for hydroxylation is 1. The fourth-order valence-corrected chi connectivity index (χ4v) is 12.3. The molecule has 516 valence electrons. The monoisotopic (exact) mass is 1330 g/mol. The third-order valence-electron chi connectivity index (χ3n) is 17.5. The molecule has 95 heavy (non-hydrogen) atoms. The van der Waals surface area contributed by atoms with E-state index in [-0.39, 0.29) is 35.3 Å². The number of nitrogens with one attached hydrogen (secondary N) is 4. The van der Waals surface area contributed by atoms with Gasteiger partial charge in [-0.3, -0.25) is 57.5 Å². The number of alkyl carbamates (subject to hydrolysis) is 1. The number of nitrogens with two attached hydrogens (primary N) is 1. The van der Waals surface area contributed by atoms with Crippen molar-refractivity contribution >= 4 is 76.4 Å². The number of benzene rings is 3. The van der Waals surface area contributed by atoms with E-state index in [9.17, 15) is 103 Å². The van der Waals surface area contributed by atoms with E-state index in [1.165, 1.54) is 64.1 Å². The Bertz CT molecular complexity index is 3480. The lowest BCUT2D eigenvalue weighted by Crippen LogP contribution is -2.58. The van der Waals surface area contributed by atoms with Crippen LogP contribution in [0.15, 0.2) is 42.5 Å². The number of hydrogen-bond acceptors (Lipinski definition) is 22. The molecular weight excluding hydrogens is 1250 g/mol. The van der Waals surface area contributed by atoms with Gasteiger partial charge in [0, 0.05) is 79.0 Å². The molecule has 1 fully saturated rings. The molecule has 4 amide bonds. The first kappa shape index (κ1) is 75.2. The molecule has 1 heterocycles. The van der Waals surface area contributed by atoms with Gasteiger partial charge in [-0.2, -0.15) is 0 Å². The first-order valence-corrected chi connectivity index (χ1v) is 31.1. The van der Waals surface area contributed by atoms with Gasteiger partial charge in [0.05, 0.1) is 60.7 Å². The summed E-state index contributed by atoms with van der Waals surface area (Å²) in [6.45, 7) is 7.43. The maximum absolute atomic E-state index is 14.1. The van der Waals surface area contributed by atoms with Crippen LogP contribution in [0.1, 0.15) is 165 Å². The van der Waals surface area contributed by atoms with Crippen LogP contribution in [0.5, 0.6) is 11.5 Å². The summed E-state index contributed by atoms with van der Waals surface area (Å²) in [5.74, 6) is -17.5. The highest BCUT2D eigenvalue weighted by Gasteiger charge is 2.55. The van der Waals surface area contributed by atoms with E-state index in [4.69, 9.17) is 19.9 Å². The van der Waals surface area contributed by atoms with E-state index in [0.29, 0.717) is 42.5 Å². The molecular formula is C66H83N5O24. The van der Waals surface area contributed by atoms with Crippen LogP contribution in [0.25, 0.3) is 0 Å². The lowest BCUT2D eigenvalue weighted by atomic mass is 9.67. The Morgan fingerprint density at radius 1 is 0.758 bits per heavy atom. The molecule has 11 atom stereocenters. The molecule has 0 saturated carbocycles. The molecule has 1 saturated heterocycles. The van der Waals surface area contributed by atoms with Crippen molar-refractivity contribution in [1.82, 2.24) is 21.3 Å². The first-order chi connectivity index (χ1) is 44.6.